The van der Waals surface area contributed by atoms with Crippen LogP contribution in [0, 0.1) is 0 Å². The molecule has 3 N–H and O–H groups in total. The maximum atomic E-state index is 9.23. The first-order chi connectivity index (χ1) is 2.56. The predicted molar refractivity (Wildman–Crippen MR) is 18.4 cm³/mol. The Balaban J connectivity index is 3.45. The van der Waals surface area contributed by atoms with Crippen LogP contribution in [-0.4, -0.2) is 21.0 Å². The van der Waals surface area contributed by atoms with Crippen molar-refractivity contribution in [3.63, 3.8) is 0 Å². The second kappa shape index (κ2) is 1.62. The van der Waals surface area contributed by atoms with Gasteiger partial charge in [-0.3, -0.25) is 0 Å². The first-order valence-corrected chi connectivity index (χ1v) is 2.03. The molecule has 0 amide bonds. The SMILES string of the molecule is O=[PH+]C(O)(O)O. The summed E-state index contributed by atoms with van der Waals surface area (Å²) in [5, 5.41) is 22.9. The molecular weight excluding hydrogens is 107 g/mol. The Kier molecular flexibility index (Phi) is 1.61. The Hall–Kier alpha value is -0.0200. The Bertz CT molecular complexity index is 53.1. The molecule has 0 saturated heterocycles. The normalized spacial score (nSPS) is 12.5. The second-order valence-electron chi connectivity index (χ2n) is 0.737. The van der Waals surface area contributed by atoms with Crippen molar-refractivity contribution in [1.82, 2.24) is 0 Å². The third-order valence-electron chi connectivity index (χ3n) is 0.137. The highest BCUT2D eigenvalue weighted by molar-refractivity contribution is 7.24. The van der Waals surface area contributed by atoms with Crippen molar-refractivity contribution in [2.24, 2.45) is 0 Å². The van der Waals surface area contributed by atoms with Crippen LogP contribution in [0.5, 0.6) is 0 Å². The van der Waals surface area contributed by atoms with Gasteiger partial charge in [0.25, 0.3) is 0 Å². The molecule has 0 aliphatic rings. The van der Waals surface area contributed by atoms with Crippen LogP contribution in [0.15, 0.2) is 0 Å². The van der Waals surface area contributed by atoms with Crippen LogP contribution in [0.25, 0.3) is 0 Å². The zero-order valence-corrected chi connectivity index (χ0v) is 3.75. The highest BCUT2D eigenvalue weighted by atomic mass is 31.1. The minimum absolute atomic E-state index is 1.52. The number of rotatable bonds is 1. The van der Waals surface area contributed by atoms with E-state index in [-0.39, 0.29) is 0 Å². The molecule has 1 unspecified atom stereocenters. The lowest BCUT2D eigenvalue weighted by atomic mass is 11.3. The van der Waals surface area contributed by atoms with E-state index in [1.54, 1.807) is 0 Å². The third kappa shape index (κ3) is 3.98. The van der Waals surface area contributed by atoms with Gasteiger partial charge in [-0.25, -0.2) is 0 Å². The van der Waals surface area contributed by atoms with Gasteiger partial charge in [0.2, 0.25) is 0 Å². The molecular formula is CH4O4P+. The fourth-order valence-electron chi connectivity index (χ4n) is 0. The highest BCUT2D eigenvalue weighted by Gasteiger charge is 2.27. The topological polar surface area (TPSA) is 77.8 Å². The van der Waals surface area contributed by atoms with Gasteiger partial charge in [-0.15, -0.1) is 0 Å². The van der Waals surface area contributed by atoms with Crippen molar-refractivity contribution < 1.29 is 19.9 Å². The van der Waals surface area contributed by atoms with Gasteiger partial charge in [0.1, 0.15) is 0 Å². The monoisotopic (exact) mass is 111 g/mol. The van der Waals surface area contributed by atoms with Crippen LogP contribution in [0.3, 0.4) is 0 Å². The molecule has 0 aliphatic carbocycles. The van der Waals surface area contributed by atoms with Crippen LogP contribution in [0.2, 0.25) is 0 Å². The van der Waals surface area contributed by atoms with E-state index in [0.717, 1.165) is 0 Å². The Labute approximate surface area is 35.2 Å². The largest absolute Gasteiger partial charge is 0.488 e. The molecule has 36 valence electrons. The molecule has 0 saturated carbocycles. The summed E-state index contributed by atoms with van der Waals surface area (Å²) in [7, 11) is -1.52. The molecule has 5 heteroatoms. The minimum Gasteiger partial charge on any atom is -0.302 e. The molecule has 0 rings (SSSR count). The summed E-state index contributed by atoms with van der Waals surface area (Å²) in [5.41, 5.74) is -2.99. The molecule has 6 heavy (non-hydrogen) atoms. The van der Waals surface area contributed by atoms with Crippen molar-refractivity contribution >= 4 is 8.46 Å². The maximum absolute atomic E-state index is 9.23. The van der Waals surface area contributed by atoms with Crippen LogP contribution in [0.1, 0.15) is 0 Å². The van der Waals surface area contributed by atoms with Gasteiger partial charge in [0.15, 0.2) is 0 Å². The summed E-state index contributed by atoms with van der Waals surface area (Å²) in [4.78, 5) is 0. The van der Waals surface area contributed by atoms with Crippen molar-refractivity contribution in [2.45, 2.75) is 5.71 Å². The summed E-state index contributed by atoms with van der Waals surface area (Å²) in [5.74, 6) is 0. The molecule has 4 nitrogen and oxygen atoms in total. The fraction of sp³-hybridized carbons (Fsp3) is 1.00. The molecule has 0 fully saturated rings. The second-order valence-corrected chi connectivity index (χ2v) is 1.61. The molecule has 0 bridgehead atoms. The molecule has 1 atom stereocenters. The molecule has 0 heterocycles. The van der Waals surface area contributed by atoms with E-state index in [4.69, 9.17) is 15.3 Å². The molecule has 0 aromatic carbocycles. The Morgan fingerprint density at radius 2 is 1.50 bits per heavy atom. The predicted octanol–water partition coefficient (Wildman–Crippen LogP) is -1.40. The summed E-state index contributed by atoms with van der Waals surface area (Å²) < 4.78 is 9.23. The molecule has 0 aromatic rings. The highest BCUT2D eigenvalue weighted by Crippen LogP contribution is 2.08. The van der Waals surface area contributed by atoms with Gasteiger partial charge < -0.3 is 15.3 Å². The standard InChI is InChI=1S/CH3O4P/c2-1(3,4)6-5/h2-4H/p+1. The lowest BCUT2D eigenvalue weighted by Gasteiger charge is -1.89. The quantitative estimate of drug-likeness (QED) is 0.287. The van der Waals surface area contributed by atoms with Gasteiger partial charge in [-0.2, -0.15) is 0 Å². The van der Waals surface area contributed by atoms with E-state index < -0.39 is 14.2 Å². The van der Waals surface area contributed by atoms with Gasteiger partial charge >= 0.3 is 14.2 Å². The van der Waals surface area contributed by atoms with Gasteiger partial charge in [0, 0.05) is 0 Å². The first-order valence-electron chi connectivity index (χ1n) is 1.12. The molecule has 0 aliphatic heterocycles. The van der Waals surface area contributed by atoms with Crippen molar-refractivity contribution in [3.05, 3.63) is 0 Å². The van der Waals surface area contributed by atoms with E-state index in [1.165, 1.54) is 0 Å². The molecule has 0 radical (unpaired) electrons. The van der Waals surface area contributed by atoms with Crippen LogP contribution >= 0.6 is 8.46 Å². The molecule has 0 spiro atoms. The van der Waals surface area contributed by atoms with E-state index in [2.05, 4.69) is 0 Å². The smallest absolute Gasteiger partial charge is 0.302 e. The minimum atomic E-state index is -2.99. The van der Waals surface area contributed by atoms with Gasteiger partial charge in [-0.1, -0.05) is 4.57 Å². The maximum Gasteiger partial charge on any atom is 0.488 e. The van der Waals surface area contributed by atoms with Crippen molar-refractivity contribution in [1.29, 1.82) is 0 Å². The third-order valence-corrected chi connectivity index (χ3v) is 0.411. The van der Waals surface area contributed by atoms with Crippen LogP contribution in [-0.2, 0) is 4.57 Å². The number of hydrogen-bond donors (Lipinski definition) is 3. The van der Waals surface area contributed by atoms with Crippen molar-refractivity contribution in [3.8, 4) is 0 Å². The van der Waals surface area contributed by atoms with E-state index >= 15 is 0 Å². The lowest BCUT2D eigenvalue weighted by molar-refractivity contribution is -0.238. The summed E-state index contributed by atoms with van der Waals surface area (Å²) in [6, 6.07) is 0. The zero-order valence-electron chi connectivity index (χ0n) is 2.75. The molecule has 0 aromatic heterocycles. The Morgan fingerprint density at radius 3 is 1.50 bits per heavy atom. The number of hydrogen-bond acceptors (Lipinski definition) is 4. The Morgan fingerprint density at radius 1 is 1.33 bits per heavy atom. The summed E-state index contributed by atoms with van der Waals surface area (Å²) in [6.07, 6.45) is 0. The van der Waals surface area contributed by atoms with E-state index in [1.807, 2.05) is 0 Å². The fourth-order valence-corrected chi connectivity index (χ4v) is 0. The van der Waals surface area contributed by atoms with E-state index in [9.17, 15) is 4.57 Å². The van der Waals surface area contributed by atoms with Crippen LogP contribution < -0.4 is 0 Å². The van der Waals surface area contributed by atoms with Crippen LogP contribution in [0.4, 0.5) is 0 Å². The summed E-state index contributed by atoms with van der Waals surface area (Å²) >= 11 is 0. The lowest BCUT2D eigenvalue weighted by Crippen LogP contribution is -2.16. The average molecular weight is 111 g/mol. The van der Waals surface area contributed by atoms with Crippen molar-refractivity contribution in [2.75, 3.05) is 0 Å². The first kappa shape index (κ1) is 5.98. The average Bonchev–Trinajstić information content (AvgIpc) is 1.35. The number of aliphatic hydroxyl groups is 3. The van der Waals surface area contributed by atoms with E-state index in [0.29, 0.717) is 0 Å². The van der Waals surface area contributed by atoms with Gasteiger partial charge in [0.05, 0.1) is 0 Å². The van der Waals surface area contributed by atoms with Gasteiger partial charge in [-0.05, 0) is 0 Å². The zero-order chi connectivity index (χ0) is 5.21. The summed E-state index contributed by atoms with van der Waals surface area (Å²) in [6.45, 7) is 0.